The molecule has 3 radical (unpaired) electrons. The van der Waals surface area contributed by atoms with Crippen molar-refractivity contribution in [3.63, 3.8) is 0 Å². The summed E-state index contributed by atoms with van der Waals surface area (Å²) >= 11 is -2.61. The van der Waals surface area contributed by atoms with Crippen molar-refractivity contribution < 1.29 is 13.3 Å². The van der Waals surface area contributed by atoms with Gasteiger partial charge in [0.05, 0.1) is 0 Å². The SMILES string of the molecule is O=S(O)O.[N]. The van der Waals surface area contributed by atoms with E-state index in [9.17, 15) is 0 Å². The zero-order chi connectivity index (χ0) is 3.58. The van der Waals surface area contributed by atoms with E-state index in [4.69, 9.17) is 13.3 Å². The van der Waals surface area contributed by atoms with Crippen molar-refractivity contribution in [3.8, 4) is 0 Å². The van der Waals surface area contributed by atoms with E-state index in [1.54, 1.807) is 0 Å². The molecule has 31 valence electrons. The highest BCUT2D eigenvalue weighted by Gasteiger charge is 1.62. The summed E-state index contributed by atoms with van der Waals surface area (Å²) in [6.45, 7) is 0. The van der Waals surface area contributed by atoms with Gasteiger partial charge in [0.2, 0.25) is 0 Å². The molecule has 0 saturated heterocycles. The second-order valence-corrected chi connectivity index (χ2v) is 0.692. The normalized spacial score (nSPS) is 7.00. The quantitative estimate of drug-likeness (QED) is 0.387. The van der Waals surface area contributed by atoms with Crippen molar-refractivity contribution in [3.05, 3.63) is 0 Å². The second kappa shape index (κ2) is 4.03. The summed E-state index contributed by atoms with van der Waals surface area (Å²) in [6, 6.07) is 0. The Kier molecular flexibility index (Phi) is 7.17. The van der Waals surface area contributed by atoms with Gasteiger partial charge in [-0.2, -0.15) is 4.21 Å². The molecule has 0 rings (SSSR count). The first-order valence-electron chi connectivity index (χ1n) is 0.532. The standard InChI is InChI=1S/N.H2O3S/c;1-4(2)3/h;(H2,1,2,3). The maximum atomic E-state index is 8.67. The molecule has 0 amide bonds. The molecule has 0 aromatic heterocycles. The third-order valence-electron chi connectivity index (χ3n) is 0. The van der Waals surface area contributed by atoms with E-state index in [-0.39, 0.29) is 6.15 Å². The molecule has 2 N–H and O–H groups in total. The Morgan fingerprint density at radius 1 is 1.40 bits per heavy atom. The minimum Gasteiger partial charge on any atom is -0.284 e. The topological polar surface area (TPSA) is 88.0 Å². The fourth-order valence-electron chi connectivity index (χ4n) is 0. The van der Waals surface area contributed by atoms with Crippen LogP contribution in [0.3, 0.4) is 0 Å². The van der Waals surface area contributed by atoms with E-state index >= 15 is 0 Å². The van der Waals surface area contributed by atoms with Gasteiger partial charge in [0, 0.05) is 6.15 Å². The molecule has 0 aromatic rings. The lowest BCUT2D eigenvalue weighted by Gasteiger charge is -1.59. The molecule has 0 bridgehead atoms. The van der Waals surface area contributed by atoms with Gasteiger partial charge in [-0.3, -0.25) is 9.11 Å². The lowest BCUT2D eigenvalue weighted by atomic mass is 14.0. The maximum Gasteiger partial charge on any atom is 0.299 e. The van der Waals surface area contributed by atoms with Crippen LogP contribution in [-0.4, -0.2) is 13.3 Å². The Hall–Kier alpha value is 0.0300. The predicted molar refractivity (Wildman–Crippen MR) is 15.5 cm³/mol. The van der Waals surface area contributed by atoms with Crippen molar-refractivity contribution in [2.45, 2.75) is 0 Å². The maximum absolute atomic E-state index is 8.67. The molecule has 0 aliphatic rings. The van der Waals surface area contributed by atoms with Gasteiger partial charge in [-0.05, 0) is 0 Å². The van der Waals surface area contributed by atoms with E-state index in [1.165, 1.54) is 0 Å². The lowest BCUT2D eigenvalue weighted by Crippen LogP contribution is -1.74. The Morgan fingerprint density at radius 2 is 1.40 bits per heavy atom. The molecule has 4 nitrogen and oxygen atoms in total. The van der Waals surface area contributed by atoms with Crippen LogP contribution in [-0.2, 0) is 11.4 Å². The predicted octanol–water partition coefficient (Wildman–Crippen LogP) is -0.799. The largest absolute Gasteiger partial charge is 0.299 e. The van der Waals surface area contributed by atoms with Gasteiger partial charge >= 0.3 is 0 Å². The van der Waals surface area contributed by atoms with Crippen LogP contribution in [0, 0.1) is 0 Å². The molecule has 0 fully saturated rings. The van der Waals surface area contributed by atoms with Crippen LogP contribution in [0.25, 0.3) is 0 Å². The van der Waals surface area contributed by atoms with Gasteiger partial charge in [-0.1, -0.05) is 0 Å². The van der Waals surface area contributed by atoms with Crippen LogP contribution in [0.1, 0.15) is 0 Å². The minimum atomic E-state index is -2.61. The van der Waals surface area contributed by atoms with Gasteiger partial charge in [-0.25, -0.2) is 0 Å². The van der Waals surface area contributed by atoms with Crippen molar-refractivity contribution in [1.82, 2.24) is 6.15 Å². The first-order chi connectivity index (χ1) is 1.73. The monoisotopic (exact) mass is 96.0 g/mol. The zero-order valence-corrected chi connectivity index (χ0v) is 2.97. The molecule has 5 heteroatoms. The lowest BCUT2D eigenvalue weighted by molar-refractivity contribution is 0.454. The summed E-state index contributed by atoms with van der Waals surface area (Å²) < 4.78 is 22.8. The van der Waals surface area contributed by atoms with Gasteiger partial charge in [0.15, 0.2) is 0 Å². The summed E-state index contributed by atoms with van der Waals surface area (Å²) in [7, 11) is 0. The third-order valence-corrected chi connectivity index (χ3v) is 0. The van der Waals surface area contributed by atoms with Crippen LogP contribution in [0.15, 0.2) is 0 Å². The number of hydrogen-bond acceptors (Lipinski definition) is 1. The summed E-state index contributed by atoms with van der Waals surface area (Å²) in [5.41, 5.74) is 0. The highest BCUT2D eigenvalue weighted by molar-refractivity contribution is 7.73. The summed E-state index contributed by atoms with van der Waals surface area (Å²) in [5, 5.41) is 0. The fourth-order valence-corrected chi connectivity index (χ4v) is 0. The Bertz CT molecular complexity index is 29.9. The highest BCUT2D eigenvalue weighted by Crippen LogP contribution is 1.44. The van der Waals surface area contributed by atoms with E-state index in [1.807, 2.05) is 0 Å². The Balaban J connectivity index is 0. The van der Waals surface area contributed by atoms with Crippen molar-refractivity contribution in [1.29, 1.82) is 0 Å². The average Bonchev–Trinajstić information content (AvgIpc) is 0.811. The molecule has 0 aliphatic heterocycles. The first kappa shape index (κ1) is 8.90. The molecule has 0 aliphatic carbocycles. The number of rotatable bonds is 0. The zero-order valence-electron chi connectivity index (χ0n) is 2.16. The second-order valence-electron chi connectivity index (χ2n) is 0.231. The van der Waals surface area contributed by atoms with E-state index in [0.717, 1.165) is 0 Å². The number of nitrogens with zero attached hydrogens (tertiary/aromatic N) is 1. The molecule has 0 unspecified atom stereocenters. The van der Waals surface area contributed by atoms with Gasteiger partial charge in [0.25, 0.3) is 11.4 Å². The van der Waals surface area contributed by atoms with Gasteiger partial charge in [-0.15, -0.1) is 0 Å². The molecule has 0 atom stereocenters. The Labute approximate surface area is 31.9 Å². The minimum absolute atomic E-state index is 0. The van der Waals surface area contributed by atoms with E-state index in [2.05, 4.69) is 0 Å². The molecule has 5 heavy (non-hydrogen) atoms. The average molecular weight is 96.1 g/mol. The van der Waals surface area contributed by atoms with Crippen molar-refractivity contribution in [2.75, 3.05) is 0 Å². The van der Waals surface area contributed by atoms with Gasteiger partial charge in [0.1, 0.15) is 0 Å². The first-order valence-corrected chi connectivity index (χ1v) is 1.60. The van der Waals surface area contributed by atoms with Crippen LogP contribution in [0.4, 0.5) is 0 Å². The summed E-state index contributed by atoms with van der Waals surface area (Å²) in [4.78, 5) is 0. The van der Waals surface area contributed by atoms with Crippen LogP contribution in [0.5, 0.6) is 0 Å². The Morgan fingerprint density at radius 3 is 1.40 bits per heavy atom. The molecule has 0 saturated carbocycles. The van der Waals surface area contributed by atoms with Gasteiger partial charge < -0.3 is 0 Å². The molecular formula is H2NO3S. The molecule has 0 aromatic carbocycles. The molecular weight excluding hydrogens is 94.1 g/mol. The molecule has 0 heterocycles. The van der Waals surface area contributed by atoms with E-state index < -0.39 is 11.4 Å². The fraction of sp³-hybridized carbons (Fsp3) is 0. The van der Waals surface area contributed by atoms with Crippen LogP contribution >= 0.6 is 0 Å². The number of hydrogen-bond donors (Lipinski definition) is 2. The van der Waals surface area contributed by atoms with Crippen molar-refractivity contribution in [2.24, 2.45) is 0 Å². The van der Waals surface area contributed by atoms with Crippen molar-refractivity contribution >= 4 is 11.4 Å². The smallest absolute Gasteiger partial charge is 0.284 e. The summed E-state index contributed by atoms with van der Waals surface area (Å²) in [5.74, 6) is 0. The van der Waals surface area contributed by atoms with Crippen LogP contribution in [0.2, 0.25) is 0 Å². The molecule has 0 spiro atoms. The van der Waals surface area contributed by atoms with Crippen LogP contribution < -0.4 is 6.15 Å². The highest BCUT2D eigenvalue weighted by atomic mass is 32.2. The summed E-state index contributed by atoms with van der Waals surface area (Å²) in [6.07, 6.45) is 0. The third kappa shape index (κ3) is 18500. The van der Waals surface area contributed by atoms with E-state index in [0.29, 0.717) is 0 Å².